The zero-order valence-corrected chi connectivity index (χ0v) is 22.6. The number of hydrogen-bond donors (Lipinski definition) is 2. The second-order valence-electron chi connectivity index (χ2n) is 10.1. The van der Waals surface area contributed by atoms with E-state index >= 15 is 0 Å². The minimum atomic E-state index is -0.233. The summed E-state index contributed by atoms with van der Waals surface area (Å²) in [5.41, 5.74) is 4.14. The van der Waals surface area contributed by atoms with Gasteiger partial charge in [0.2, 0.25) is 0 Å². The first kappa shape index (κ1) is 26.5. The van der Waals surface area contributed by atoms with Crippen molar-refractivity contribution in [2.75, 3.05) is 31.6 Å². The lowest BCUT2D eigenvalue weighted by molar-refractivity contribution is -0.139. The fourth-order valence-electron chi connectivity index (χ4n) is 5.16. The molecule has 1 unspecified atom stereocenters. The van der Waals surface area contributed by atoms with Gasteiger partial charge in [-0.25, -0.2) is 4.39 Å². The third-order valence-electron chi connectivity index (χ3n) is 7.26. The van der Waals surface area contributed by atoms with Crippen LogP contribution in [0.3, 0.4) is 0 Å². The van der Waals surface area contributed by atoms with Crippen LogP contribution >= 0.6 is 11.8 Å². The number of aliphatic hydroxyl groups excluding tert-OH is 1. The number of hydrogen-bond acceptors (Lipinski definition) is 6. The van der Waals surface area contributed by atoms with Crippen LogP contribution in [-0.4, -0.2) is 59.2 Å². The highest BCUT2D eigenvalue weighted by Gasteiger charge is 2.32. The molecule has 6 nitrogen and oxygen atoms in total. The molecule has 1 saturated heterocycles. The van der Waals surface area contributed by atoms with Crippen LogP contribution in [0, 0.1) is 5.82 Å². The number of carbonyl (C=O) groups excluding carboxylic acids is 1. The Hall–Kier alpha value is -3.07. The molecule has 200 valence electrons. The summed E-state index contributed by atoms with van der Waals surface area (Å²) in [6.07, 6.45) is 0.564. The van der Waals surface area contributed by atoms with E-state index in [1.807, 2.05) is 41.3 Å². The predicted octanol–water partition coefficient (Wildman–Crippen LogP) is 5.08. The van der Waals surface area contributed by atoms with Crippen molar-refractivity contribution >= 4 is 23.4 Å². The Morgan fingerprint density at radius 3 is 2.58 bits per heavy atom. The molecule has 2 N–H and O–H groups in total. The van der Waals surface area contributed by atoms with Crippen molar-refractivity contribution in [2.45, 2.75) is 49.2 Å². The van der Waals surface area contributed by atoms with E-state index in [1.165, 1.54) is 17.0 Å². The van der Waals surface area contributed by atoms with Gasteiger partial charge in [-0.1, -0.05) is 42.1 Å². The van der Waals surface area contributed by atoms with Crippen LogP contribution in [0.4, 0.5) is 10.1 Å². The maximum absolute atomic E-state index is 13.3. The SMILES string of the molecule is C[C@@H]1CN(C(=O)COc2ccc(CCO)cc2C2Nc3ccccc3S2)[C@@H](C)CN1Cc1ccc(F)cc1. The molecule has 38 heavy (non-hydrogen) atoms. The number of aliphatic hydroxyl groups is 1. The number of nitrogens with one attached hydrogen (secondary N) is 1. The molecular formula is C30H34FN3O3S. The quantitative estimate of drug-likeness (QED) is 0.420. The largest absolute Gasteiger partial charge is 0.483 e. The smallest absolute Gasteiger partial charge is 0.260 e. The number of ether oxygens (including phenoxy) is 1. The number of thioether (sulfide) groups is 1. The first-order chi connectivity index (χ1) is 18.4. The molecule has 0 saturated carbocycles. The molecule has 1 amide bonds. The average molecular weight is 536 g/mol. The van der Waals surface area contributed by atoms with E-state index in [4.69, 9.17) is 4.74 Å². The van der Waals surface area contributed by atoms with Crippen LogP contribution in [0.25, 0.3) is 0 Å². The Balaban J connectivity index is 1.24. The van der Waals surface area contributed by atoms with Gasteiger partial charge in [-0.05, 0) is 67.8 Å². The van der Waals surface area contributed by atoms with Crippen molar-refractivity contribution in [3.63, 3.8) is 0 Å². The van der Waals surface area contributed by atoms with Gasteiger partial charge in [0.05, 0.1) is 0 Å². The molecule has 3 aromatic rings. The van der Waals surface area contributed by atoms with Crippen LogP contribution in [0.5, 0.6) is 5.75 Å². The third kappa shape index (κ3) is 5.98. The number of rotatable bonds is 8. The van der Waals surface area contributed by atoms with Crippen molar-refractivity contribution in [3.05, 3.63) is 89.2 Å². The number of fused-ring (bicyclic) bond motifs is 1. The molecule has 0 aliphatic carbocycles. The second kappa shape index (κ2) is 11.8. The molecule has 2 aliphatic rings. The van der Waals surface area contributed by atoms with Crippen molar-refractivity contribution < 1.29 is 19.0 Å². The van der Waals surface area contributed by atoms with Crippen molar-refractivity contribution in [2.24, 2.45) is 0 Å². The van der Waals surface area contributed by atoms with Crippen LogP contribution in [0.2, 0.25) is 0 Å². The van der Waals surface area contributed by atoms with Gasteiger partial charge in [-0.2, -0.15) is 0 Å². The highest BCUT2D eigenvalue weighted by molar-refractivity contribution is 8.00. The van der Waals surface area contributed by atoms with Gasteiger partial charge >= 0.3 is 0 Å². The molecule has 0 bridgehead atoms. The van der Waals surface area contributed by atoms with Crippen molar-refractivity contribution in [3.8, 4) is 5.75 Å². The lowest BCUT2D eigenvalue weighted by Gasteiger charge is -2.44. The zero-order chi connectivity index (χ0) is 26.6. The summed E-state index contributed by atoms with van der Waals surface area (Å²) in [5.74, 6) is 0.406. The summed E-state index contributed by atoms with van der Waals surface area (Å²) in [5, 5.41) is 13.0. The topological polar surface area (TPSA) is 65.0 Å². The van der Waals surface area contributed by atoms with E-state index in [0.29, 0.717) is 18.7 Å². The van der Waals surface area contributed by atoms with E-state index in [2.05, 4.69) is 42.3 Å². The molecule has 2 heterocycles. The molecule has 3 atom stereocenters. The monoisotopic (exact) mass is 535 g/mol. The molecule has 2 aliphatic heterocycles. The normalized spacial score (nSPS) is 21.2. The summed E-state index contributed by atoms with van der Waals surface area (Å²) in [6, 6.07) is 20.9. The summed E-state index contributed by atoms with van der Waals surface area (Å²) in [4.78, 5) is 18.7. The van der Waals surface area contributed by atoms with Crippen molar-refractivity contribution in [1.29, 1.82) is 0 Å². The van der Waals surface area contributed by atoms with Crippen LogP contribution in [0.15, 0.2) is 71.6 Å². The lowest BCUT2D eigenvalue weighted by atomic mass is 10.1. The highest BCUT2D eigenvalue weighted by Crippen LogP contribution is 2.48. The molecule has 0 aromatic heterocycles. The number of piperazine rings is 1. The van der Waals surface area contributed by atoms with Gasteiger partial charge in [0.1, 0.15) is 16.9 Å². The molecule has 0 radical (unpaired) electrons. The Kier molecular flexibility index (Phi) is 8.21. The summed E-state index contributed by atoms with van der Waals surface area (Å²) in [7, 11) is 0. The Bertz CT molecular complexity index is 1250. The highest BCUT2D eigenvalue weighted by atomic mass is 32.2. The number of amides is 1. The van der Waals surface area contributed by atoms with Crippen molar-refractivity contribution in [1.82, 2.24) is 9.80 Å². The Labute approximate surface area is 227 Å². The first-order valence-electron chi connectivity index (χ1n) is 13.1. The Morgan fingerprint density at radius 1 is 1.05 bits per heavy atom. The first-order valence-corrected chi connectivity index (χ1v) is 14.0. The summed E-state index contributed by atoms with van der Waals surface area (Å²) >= 11 is 1.72. The average Bonchev–Trinajstić information content (AvgIpc) is 3.35. The molecule has 3 aromatic carbocycles. The third-order valence-corrected chi connectivity index (χ3v) is 8.48. The number of para-hydroxylation sites is 1. The van der Waals surface area contributed by atoms with Gasteiger partial charge in [-0.15, -0.1) is 0 Å². The number of carbonyl (C=O) groups is 1. The molecule has 5 rings (SSSR count). The van der Waals surface area contributed by atoms with E-state index in [9.17, 15) is 14.3 Å². The maximum Gasteiger partial charge on any atom is 0.260 e. The zero-order valence-electron chi connectivity index (χ0n) is 21.8. The fourth-order valence-corrected chi connectivity index (χ4v) is 6.32. The van der Waals surface area contributed by atoms with E-state index in [-0.39, 0.29) is 42.4 Å². The molecule has 8 heteroatoms. The van der Waals surface area contributed by atoms with E-state index in [0.717, 1.165) is 35.5 Å². The fraction of sp³-hybridized carbons (Fsp3) is 0.367. The minimum absolute atomic E-state index is 0.0357. The van der Waals surface area contributed by atoms with Crippen LogP contribution < -0.4 is 10.1 Å². The van der Waals surface area contributed by atoms with Crippen LogP contribution in [-0.2, 0) is 17.8 Å². The Morgan fingerprint density at radius 2 is 1.82 bits per heavy atom. The summed E-state index contributed by atoms with van der Waals surface area (Å²) < 4.78 is 19.4. The standard InChI is InChI=1S/C30H34FN3O3S/c1-20-17-34(21(2)16-33(20)18-23-7-10-24(31)11-8-23)29(36)19-37-27-12-9-22(13-14-35)15-25(27)30-32-26-5-3-4-6-28(26)38-30/h3-12,15,20-21,30,32,35H,13-14,16-19H2,1-2H3/t20-,21+,30?/m1/s1. The van der Waals surface area contributed by atoms with E-state index in [1.54, 1.807) is 11.8 Å². The van der Waals surface area contributed by atoms with Gasteiger partial charge in [-0.3, -0.25) is 9.69 Å². The molecule has 0 spiro atoms. The van der Waals surface area contributed by atoms with Gasteiger partial charge in [0, 0.05) is 54.5 Å². The van der Waals surface area contributed by atoms with Gasteiger partial charge in [0.15, 0.2) is 6.61 Å². The second-order valence-corrected chi connectivity index (χ2v) is 11.2. The number of anilines is 1. The van der Waals surface area contributed by atoms with E-state index < -0.39 is 0 Å². The number of halogens is 1. The molecule has 1 fully saturated rings. The van der Waals surface area contributed by atoms with Gasteiger partial charge < -0.3 is 20.1 Å². The number of benzene rings is 3. The maximum atomic E-state index is 13.3. The predicted molar refractivity (Wildman–Crippen MR) is 149 cm³/mol. The minimum Gasteiger partial charge on any atom is -0.483 e. The summed E-state index contributed by atoms with van der Waals surface area (Å²) in [6.45, 7) is 6.30. The molecular weight excluding hydrogens is 501 g/mol. The van der Waals surface area contributed by atoms with Gasteiger partial charge in [0.25, 0.3) is 5.91 Å². The van der Waals surface area contributed by atoms with Crippen LogP contribution in [0.1, 0.15) is 35.9 Å². The lowest BCUT2D eigenvalue weighted by Crippen LogP contribution is -2.58. The number of nitrogens with zero attached hydrogens (tertiary/aromatic N) is 2.